The van der Waals surface area contributed by atoms with Crippen LogP contribution >= 0.6 is 23.2 Å². The van der Waals surface area contributed by atoms with Crippen LogP contribution in [0.4, 0.5) is 10.1 Å². The van der Waals surface area contributed by atoms with Crippen molar-refractivity contribution < 1.29 is 9.18 Å². The van der Waals surface area contributed by atoms with Gasteiger partial charge in [-0.05, 0) is 19.1 Å². The fraction of sp³-hybridized carbons (Fsp3) is 0.462. The Morgan fingerprint density at radius 3 is 2.39 bits per heavy atom. The summed E-state index contributed by atoms with van der Waals surface area (Å²) in [5.41, 5.74) is 0.617. The second kappa shape index (κ2) is 5.06. The first kappa shape index (κ1) is 13.6. The van der Waals surface area contributed by atoms with Crippen LogP contribution in [0.25, 0.3) is 0 Å². The number of nitrogens with zero attached hydrogens (tertiary/aromatic N) is 1. The molecule has 2 rings (SSSR count). The van der Waals surface area contributed by atoms with E-state index in [0.29, 0.717) is 18.7 Å². The first-order valence-electron chi connectivity index (χ1n) is 5.85. The molecule has 0 amide bonds. The van der Waals surface area contributed by atoms with Crippen molar-refractivity contribution in [3.63, 3.8) is 0 Å². The number of hydrogen-bond donors (Lipinski definition) is 0. The van der Waals surface area contributed by atoms with Crippen molar-refractivity contribution in [3.8, 4) is 0 Å². The monoisotopic (exact) mass is 289 g/mol. The lowest BCUT2D eigenvalue weighted by molar-refractivity contribution is -0.123. The minimum absolute atomic E-state index is 0.00621. The summed E-state index contributed by atoms with van der Waals surface area (Å²) >= 11 is 12.1. The molecular weight excluding hydrogens is 276 g/mol. The Balaban J connectivity index is 2.40. The van der Waals surface area contributed by atoms with Crippen LogP contribution in [0.2, 0.25) is 10.0 Å². The van der Waals surface area contributed by atoms with Gasteiger partial charge in [0, 0.05) is 24.9 Å². The van der Waals surface area contributed by atoms with Crippen LogP contribution in [0.5, 0.6) is 0 Å². The molecule has 98 valence electrons. The van der Waals surface area contributed by atoms with Gasteiger partial charge in [-0.15, -0.1) is 0 Å². The topological polar surface area (TPSA) is 20.3 Å². The molecule has 1 saturated heterocycles. The minimum Gasteiger partial charge on any atom is -0.365 e. The van der Waals surface area contributed by atoms with Crippen molar-refractivity contribution in [2.75, 3.05) is 11.4 Å². The quantitative estimate of drug-likeness (QED) is 0.781. The van der Waals surface area contributed by atoms with Crippen LogP contribution in [0.3, 0.4) is 0 Å². The van der Waals surface area contributed by atoms with E-state index in [-0.39, 0.29) is 27.8 Å². The zero-order valence-corrected chi connectivity index (χ0v) is 11.7. The maximum atomic E-state index is 13.2. The summed E-state index contributed by atoms with van der Waals surface area (Å²) in [5.74, 6) is -0.286. The van der Waals surface area contributed by atoms with Crippen molar-refractivity contribution in [1.29, 1.82) is 0 Å². The van der Waals surface area contributed by atoms with Crippen molar-refractivity contribution in [2.45, 2.75) is 26.3 Å². The molecule has 0 saturated carbocycles. The number of piperidine rings is 1. The average Bonchev–Trinajstić information content (AvgIpc) is 2.28. The number of carbonyl (C=O) groups is 1. The molecule has 2 atom stereocenters. The van der Waals surface area contributed by atoms with E-state index in [9.17, 15) is 9.18 Å². The largest absolute Gasteiger partial charge is 0.365 e. The Labute approximate surface area is 116 Å². The van der Waals surface area contributed by atoms with Gasteiger partial charge in [-0.2, -0.15) is 0 Å². The predicted octanol–water partition coefficient (Wildman–Crippen LogP) is 3.94. The Morgan fingerprint density at radius 2 is 1.83 bits per heavy atom. The number of rotatable bonds is 1. The summed E-state index contributed by atoms with van der Waals surface area (Å²) in [7, 11) is 0. The minimum atomic E-state index is -0.456. The third-order valence-corrected chi connectivity index (χ3v) is 4.17. The molecule has 1 aromatic rings. The second-order valence-electron chi connectivity index (χ2n) is 4.66. The molecule has 0 radical (unpaired) electrons. The molecule has 0 aromatic heterocycles. The smallest absolute Gasteiger partial charge is 0.139 e. The maximum absolute atomic E-state index is 13.2. The lowest BCUT2D eigenvalue weighted by atomic mass is 9.90. The van der Waals surface area contributed by atoms with Crippen LogP contribution in [-0.2, 0) is 4.79 Å². The lowest BCUT2D eigenvalue weighted by Gasteiger charge is -2.39. The van der Waals surface area contributed by atoms with Gasteiger partial charge in [0.05, 0.1) is 15.7 Å². The number of hydrogen-bond acceptors (Lipinski definition) is 2. The molecule has 18 heavy (non-hydrogen) atoms. The van der Waals surface area contributed by atoms with Gasteiger partial charge in [0.25, 0.3) is 0 Å². The molecule has 1 aromatic carbocycles. The highest BCUT2D eigenvalue weighted by atomic mass is 35.5. The van der Waals surface area contributed by atoms with E-state index in [2.05, 4.69) is 0 Å². The molecular formula is C13H14Cl2FNO. The van der Waals surface area contributed by atoms with Gasteiger partial charge in [-0.1, -0.05) is 30.1 Å². The second-order valence-corrected chi connectivity index (χ2v) is 5.47. The Kier molecular flexibility index (Phi) is 3.83. The maximum Gasteiger partial charge on any atom is 0.139 e. The van der Waals surface area contributed by atoms with E-state index < -0.39 is 5.82 Å². The van der Waals surface area contributed by atoms with Gasteiger partial charge < -0.3 is 4.90 Å². The molecule has 1 aliphatic rings. The van der Waals surface area contributed by atoms with E-state index in [1.165, 1.54) is 12.1 Å². The van der Waals surface area contributed by atoms with Crippen molar-refractivity contribution in [3.05, 3.63) is 28.0 Å². The highest BCUT2D eigenvalue weighted by molar-refractivity contribution is 6.39. The SMILES string of the molecule is CC1C(=O)CCN(c2c(Cl)cc(F)cc2Cl)C1C. The highest BCUT2D eigenvalue weighted by Gasteiger charge is 2.32. The zero-order valence-electron chi connectivity index (χ0n) is 10.2. The molecule has 2 unspecified atom stereocenters. The molecule has 0 spiro atoms. The number of Topliss-reactive ketones (excluding diaryl/α,β-unsaturated/α-hetero) is 1. The summed E-state index contributed by atoms with van der Waals surface area (Å²) in [4.78, 5) is 13.6. The zero-order chi connectivity index (χ0) is 13.4. The molecule has 2 nitrogen and oxygen atoms in total. The predicted molar refractivity (Wildman–Crippen MR) is 72.0 cm³/mol. The van der Waals surface area contributed by atoms with E-state index >= 15 is 0 Å². The molecule has 1 heterocycles. The Bertz CT molecular complexity index is 469. The number of ketones is 1. The molecule has 1 fully saturated rings. The molecule has 1 aliphatic heterocycles. The third kappa shape index (κ3) is 2.34. The highest BCUT2D eigenvalue weighted by Crippen LogP contribution is 2.38. The summed E-state index contributed by atoms with van der Waals surface area (Å²) < 4.78 is 13.2. The number of anilines is 1. The number of halogens is 3. The standard InChI is InChI=1S/C13H14Cl2FNO/c1-7-8(2)17(4-3-12(7)18)13-10(14)5-9(16)6-11(13)15/h5-8H,3-4H2,1-2H3. The van der Waals surface area contributed by atoms with E-state index in [4.69, 9.17) is 23.2 Å². The molecule has 5 heteroatoms. The third-order valence-electron chi connectivity index (χ3n) is 3.59. The lowest BCUT2D eigenvalue weighted by Crippen LogP contribution is -2.47. The first-order valence-corrected chi connectivity index (χ1v) is 6.61. The average molecular weight is 290 g/mol. The van der Waals surface area contributed by atoms with Gasteiger partial charge in [-0.25, -0.2) is 4.39 Å². The van der Waals surface area contributed by atoms with Crippen LogP contribution in [0, 0.1) is 11.7 Å². The first-order chi connectivity index (χ1) is 8.41. The van der Waals surface area contributed by atoms with E-state index in [1.807, 2.05) is 18.7 Å². The summed E-state index contributed by atoms with van der Waals surface area (Å²) in [6.45, 7) is 4.41. The summed E-state index contributed by atoms with van der Waals surface area (Å²) in [6.07, 6.45) is 0.468. The fourth-order valence-electron chi connectivity index (χ4n) is 2.33. The summed E-state index contributed by atoms with van der Waals surface area (Å²) in [6, 6.07) is 2.50. The van der Waals surface area contributed by atoms with Gasteiger partial charge >= 0.3 is 0 Å². The number of benzene rings is 1. The van der Waals surface area contributed by atoms with E-state index in [1.54, 1.807) is 0 Å². The molecule has 0 N–H and O–H groups in total. The fourth-order valence-corrected chi connectivity index (χ4v) is 3.00. The van der Waals surface area contributed by atoms with Crippen molar-refractivity contribution in [1.82, 2.24) is 0 Å². The van der Waals surface area contributed by atoms with Gasteiger partial charge in [0.15, 0.2) is 0 Å². The van der Waals surface area contributed by atoms with Crippen LogP contribution < -0.4 is 4.90 Å². The summed E-state index contributed by atoms with van der Waals surface area (Å²) in [5, 5.41) is 0.571. The Morgan fingerprint density at radius 1 is 1.28 bits per heavy atom. The van der Waals surface area contributed by atoms with Crippen LogP contribution in [-0.4, -0.2) is 18.4 Å². The van der Waals surface area contributed by atoms with Gasteiger partial charge in [-0.3, -0.25) is 4.79 Å². The van der Waals surface area contributed by atoms with Crippen LogP contribution in [0.1, 0.15) is 20.3 Å². The molecule has 0 aliphatic carbocycles. The van der Waals surface area contributed by atoms with Crippen molar-refractivity contribution in [2.24, 2.45) is 5.92 Å². The number of carbonyl (C=O) groups excluding carboxylic acids is 1. The van der Waals surface area contributed by atoms with Crippen LogP contribution in [0.15, 0.2) is 12.1 Å². The van der Waals surface area contributed by atoms with Gasteiger partial charge in [0.2, 0.25) is 0 Å². The normalized spacial score (nSPS) is 24.5. The molecule has 0 bridgehead atoms. The van der Waals surface area contributed by atoms with Gasteiger partial charge in [0.1, 0.15) is 11.6 Å². The van der Waals surface area contributed by atoms with E-state index in [0.717, 1.165) is 0 Å². The Hall–Kier alpha value is -0.800. The van der Waals surface area contributed by atoms with Crippen molar-refractivity contribution >= 4 is 34.7 Å².